The Morgan fingerprint density at radius 2 is 1.85 bits per heavy atom. The molecule has 0 atom stereocenters. The zero-order valence-electron chi connectivity index (χ0n) is 18.2. The first kappa shape index (κ1) is 22.7. The van der Waals surface area contributed by atoms with Gasteiger partial charge in [0.05, 0.1) is 17.4 Å². The van der Waals surface area contributed by atoms with E-state index in [4.69, 9.17) is 14.5 Å². The van der Waals surface area contributed by atoms with Gasteiger partial charge in [-0.1, -0.05) is 6.07 Å². The molecule has 4 rings (SSSR count). The minimum absolute atomic E-state index is 0.124. The van der Waals surface area contributed by atoms with Crippen molar-refractivity contribution in [2.24, 2.45) is 0 Å². The van der Waals surface area contributed by atoms with Gasteiger partial charge in [-0.25, -0.2) is 9.56 Å². The van der Waals surface area contributed by atoms with Crippen LogP contribution in [-0.2, 0) is 14.9 Å². The maximum absolute atomic E-state index is 11.7. The van der Waals surface area contributed by atoms with E-state index in [9.17, 15) is 17.8 Å². The van der Waals surface area contributed by atoms with E-state index < -0.39 is 16.1 Å². The molecule has 0 bridgehead atoms. The van der Waals surface area contributed by atoms with Crippen LogP contribution in [0.3, 0.4) is 0 Å². The summed E-state index contributed by atoms with van der Waals surface area (Å²) in [7, 11) is -4.42. The molecule has 9 nitrogen and oxygen atoms in total. The standard InChI is InChI=1S/C23H23N3O6S/c1-3-26(4-2)14-5-8-18-20(11-14)32-21-13-19(24-10-9-22(27)28)17-12-15(33(29,30)31)6-7-16(17)23(21)25-18/h5-8,11-13H,3-4,9-10H2,1-2H3,(H2,27,28,29,30,31)/p+1. The molecule has 0 aromatic heterocycles. The molecule has 0 radical (unpaired) electrons. The molecule has 172 valence electrons. The number of carboxylic acids is 1. The lowest BCUT2D eigenvalue weighted by molar-refractivity contribution is -0.136. The van der Waals surface area contributed by atoms with Gasteiger partial charge in [0.2, 0.25) is 5.36 Å². The van der Waals surface area contributed by atoms with Crippen molar-refractivity contribution in [2.75, 3.05) is 25.0 Å². The van der Waals surface area contributed by atoms with Gasteiger partial charge < -0.3 is 14.8 Å². The van der Waals surface area contributed by atoms with Crippen molar-refractivity contribution in [1.29, 1.82) is 0 Å². The lowest BCUT2D eigenvalue weighted by Crippen LogP contribution is -2.29. The third-order valence-corrected chi connectivity index (χ3v) is 6.37. The van der Waals surface area contributed by atoms with Crippen LogP contribution in [0, 0.1) is 0 Å². The Balaban J connectivity index is 2.00. The molecule has 2 aromatic rings. The summed E-state index contributed by atoms with van der Waals surface area (Å²) in [6.45, 7) is 5.97. The topological polar surface area (TPSA) is 133 Å². The molecule has 3 N–H and O–H groups in total. The van der Waals surface area contributed by atoms with Gasteiger partial charge in [0.25, 0.3) is 10.1 Å². The lowest BCUT2D eigenvalue weighted by atomic mass is 10.1. The van der Waals surface area contributed by atoms with Gasteiger partial charge in [-0.05, 0) is 32.0 Å². The third-order valence-electron chi connectivity index (χ3n) is 5.52. The molecule has 1 aliphatic carbocycles. The highest BCUT2D eigenvalue weighted by molar-refractivity contribution is 7.85. The van der Waals surface area contributed by atoms with Gasteiger partial charge in [-0.15, -0.1) is 0 Å². The number of benzene rings is 3. The molecule has 10 heteroatoms. The van der Waals surface area contributed by atoms with Crippen molar-refractivity contribution in [1.82, 2.24) is 9.56 Å². The van der Waals surface area contributed by atoms with Crippen LogP contribution in [0.4, 0.5) is 5.69 Å². The Morgan fingerprint density at radius 1 is 1.09 bits per heavy atom. The fraction of sp³-hybridized carbons (Fsp3) is 0.261. The van der Waals surface area contributed by atoms with Crippen LogP contribution in [0.25, 0.3) is 33.3 Å². The summed E-state index contributed by atoms with van der Waals surface area (Å²) in [5, 5.41) is 14.1. The van der Waals surface area contributed by atoms with Gasteiger partial charge in [0.15, 0.2) is 11.3 Å². The van der Waals surface area contributed by atoms with Crippen molar-refractivity contribution in [3.63, 3.8) is 0 Å². The third kappa shape index (κ3) is 4.53. The number of aliphatic carboxylic acids is 1. The van der Waals surface area contributed by atoms with Crippen molar-refractivity contribution in [3.8, 4) is 11.5 Å². The van der Waals surface area contributed by atoms with Gasteiger partial charge in [0.1, 0.15) is 24.3 Å². The van der Waals surface area contributed by atoms with Gasteiger partial charge in [0, 0.05) is 35.1 Å². The van der Waals surface area contributed by atoms with Crippen molar-refractivity contribution < 1.29 is 27.3 Å². The van der Waals surface area contributed by atoms with E-state index in [1.165, 1.54) is 12.1 Å². The SMILES string of the molecule is CC[N+](CC)=c1ccc2nc3c(cc(NCCC(=O)O)c4cc(S(=O)(=O)O)ccc43)oc-2c1. The second-order valence-electron chi connectivity index (χ2n) is 7.56. The van der Waals surface area contributed by atoms with Crippen LogP contribution < -0.4 is 15.2 Å². The van der Waals surface area contributed by atoms with Crippen LogP contribution in [0.1, 0.15) is 20.3 Å². The van der Waals surface area contributed by atoms with E-state index in [0.717, 1.165) is 18.4 Å². The summed E-state index contributed by atoms with van der Waals surface area (Å²) in [6, 6.07) is 11.6. The number of nitrogens with zero attached hydrogens (tertiary/aromatic N) is 2. The van der Waals surface area contributed by atoms with Gasteiger partial charge >= 0.3 is 5.97 Å². The van der Waals surface area contributed by atoms with E-state index >= 15 is 0 Å². The zero-order chi connectivity index (χ0) is 23.8. The summed E-state index contributed by atoms with van der Waals surface area (Å²) in [5.74, 6) is -0.371. The summed E-state index contributed by atoms with van der Waals surface area (Å²) in [6.07, 6.45) is -0.127. The minimum atomic E-state index is -4.42. The Bertz CT molecular complexity index is 1520. The molecule has 0 spiro atoms. The average molecular weight is 471 g/mol. The first-order valence-corrected chi connectivity index (χ1v) is 12.0. The summed E-state index contributed by atoms with van der Waals surface area (Å²) < 4.78 is 41.2. The van der Waals surface area contributed by atoms with E-state index in [1.54, 1.807) is 12.1 Å². The number of fused-ring (bicyclic) bond motifs is 4. The molecule has 33 heavy (non-hydrogen) atoms. The highest BCUT2D eigenvalue weighted by atomic mass is 32.2. The average Bonchev–Trinajstić information content (AvgIpc) is 2.77. The maximum atomic E-state index is 11.7. The fourth-order valence-electron chi connectivity index (χ4n) is 3.87. The Hall–Kier alpha value is -3.50. The summed E-state index contributed by atoms with van der Waals surface area (Å²) in [5.41, 5.74) is 2.11. The zero-order valence-corrected chi connectivity index (χ0v) is 19.0. The predicted molar refractivity (Wildman–Crippen MR) is 125 cm³/mol. The van der Waals surface area contributed by atoms with Crippen molar-refractivity contribution in [3.05, 3.63) is 47.8 Å². The molecule has 0 unspecified atom stereocenters. The Labute approximate surface area is 190 Å². The molecule has 0 fully saturated rings. The molecule has 1 aliphatic heterocycles. The fourth-order valence-corrected chi connectivity index (χ4v) is 4.37. The molecule has 0 saturated carbocycles. The Morgan fingerprint density at radius 3 is 2.52 bits per heavy atom. The van der Waals surface area contributed by atoms with Crippen LogP contribution in [0.15, 0.2) is 51.8 Å². The second kappa shape index (κ2) is 8.80. The van der Waals surface area contributed by atoms with E-state index in [2.05, 4.69) is 23.7 Å². The van der Waals surface area contributed by atoms with E-state index in [-0.39, 0.29) is 17.9 Å². The Kier molecular flexibility index (Phi) is 6.05. The predicted octanol–water partition coefficient (Wildman–Crippen LogP) is 3.03. The van der Waals surface area contributed by atoms with Crippen molar-refractivity contribution >= 4 is 43.6 Å². The lowest BCUT2D eigenvalue weighted by Gasteiger charge is -2.14. The minimum Gasteiger partial charge on any atom is -0.481 e. The monoisotopic (exact) mass is 470 g/mol. The van der Waals surface area contributed by atoms with Crippen LogP contribution in [0.5, 0.6) is 0 Å². The number of carboxylic acid groups (broad SMARTS) is 1. The highest BCUT2D eigenvalue weighted by Gasteiger charge is 2.18. The maximum Gasteiger partial charge on any atom is 0.305 e. The van der Waals surface area contributed by atoms with E-state index in [0.29, 0.717) is 39.0 Å². The van der Waals surface area contributed by atoms with Gasteiger partial charge in [-0.3, -0.25) is 9.35 Å². The number of carbonyl (C=O) groups is 1. The number of hydrogen-bond acceptors (Lipinski definition) is 6. The molecule has 0 amide bonds. The number of rotatable bonds is 7. The summed E-state index contributed by atoms with van der Waals surface area (Å²) in [4.78, 5) is 15.4. The summed E-state index contributed by atoms with van der Waals surface area (Å²) >= 11 is 0. The molecular weight excluding hydrogens is 446 g/mol. The second-order valence-corrected chi connectivity index (χ2v) is 8.98. The van der Waals surface area contributed by atoms with E-state index in [1.807, 2.05) is 18.2 Å². The van der Waals surface area contributed by atoms with Gasteiger partial charge in [-0.2, -0.15) is 8.42 Å². The van der Waals surface area contributed by atoms with Crippen LogP contribution >= 0.6 is 0 Å². The quantitative estimate of drug-likeness (QED) is 0.162. The first-order valence-electron chi connectivity index (χ1n) is 10.5. The van der Waals surface area contributed by atoms with Crippen LogP contribution in [-0.4, -0.2) is 48.7 Å². The molecule has 2 aliphatic rings. The molecule has 1 heterocycles. The number of nitrogens with one attached hydrogen (secondary N) is 1. The number of aromatic nitrogens is 1. The number of anilines is 1. The molecule has 0 saturated heterocycles. The molecule has 2 aromatic carbocycles. The highest BCUT2D eigenvalue weighted by Crippen LogP contribution is 2.35. The smallest absolute Gasteiger partial charge is 0.305 e. The first-order chi connectivity index (χ1) is 15.7. The molecular formula is C23H24N3O6S+. The van der Waals surface area contributed by atoms with Crippen LogP contribution in [0.2, 0.25) is 0 Å². The van der Waals surface area contributed by atoms with Crippen molar-refractivity contribution in [2.45, 2.75) is 25.2 Å². The largest absolute Gasteiger partial charge is 0.481 e. The normalized spacial score (nSPS) is 11.8. The number of hydrogen-bond donors (Lipinski definition) is 3.